The van der Waals surface area contributed by atoms with Crippen molar-refractivity contribution in [3.05, 3.63) is 36.4 Å². The summed E-state index contributed by atoms with van der Waals surface area (Å²) < 4.78 is 10.3. The second-order valence-corrected chi connectivity index (χ2v) is 9.98. The van der Waals surface area contributed by atoms with E-state index in [4.69, 9.17) is 20.9 Å². The lowest BCUT2D eigenvalue weighted by Gasteiger charge is -2.18. The Balaban J connectivity index is 0.000000201. The minimum absolute atomic E-state index is 0.338. The van der Waals surface area contributed by atoms with Gasteiger partial charge in [0.15, 0.2) is 0 Å². The highest BCUT2D eigenvalue weighted by Crippen LogP contribution is 2.19. The van der Waals surface area contributed by atoms with Crippen LogP contribution < -0.4 is 22.1 Å². The van der Waals surface area contributed by atoms with Crippen LogP contribution in [0.15, 0.2) is 36.4 Å². The van der Waals surface area contributed by atoms with Gasteiger partial charge in [0.05, 0.1) is 22.1 Å². The van der Waals surface area contributed by atoms with Gasteiger partial charge in [-0.05, 0) is 77.9 Å². The molecule has 36 heavy (non-hydrogen) atoms. The number of aromatic amines is 2. The molecule has 4 rings (SSSR count). The third-order valence-corrected chi connectivity index (χ3v) is 4.25. The molecule has 12 nitrogen and oxygen atoms in total. The Morgan fingerprint density at radius 3 is 1.42 bits per heavy atom. The Morgan fingerprint density at radius 1 is 0.722 bits per heavy atom. The van der Waals surface area contributed by atoms with Crippen molar-refractivity contribution in [1.82, 2.24) is 19.9 Å². The van der Waals surface area contributed by atoms with Gasteiger partial charge >= 0.3 is 12.2 Å². The molecule has 2 amide bonds. The fraction of sp³-hybridized carbons (Fsp3) is 0.333. The molecule has 0 aliphatic heterocycles. The summed E-state index contributed by atoms with van der Waals surface area (Å²) in [7, 11) is 0. The molecule has 8 N–H and O–H groups in total. The maximum atomic E-state index is 11.6. The number of benzene rings is 2. The molecule has 0 aliphatic carbocycles. The Kier molecular flexibility index (Phi) is 7.27. The summed E-state index contributed by atoms with van der Waals surface area (Å²) in [5, 5.41) is 5.08. The van der Waals surface area contributed by atoms with Crippen LogP contribution in [0.1, 0.15) is 41.5 Å². The average Bonchev–Trinajstić information content (AvgIpc) is 3.27. The zero-order valence-electron chi connectivity index (χ0n) is 21.1. The van der Waals surface area contributed by atoms with E-state index >= 15 is 0 Å². The summed E-state index contributed by atoms with van der Waals surface area (Å²) in [6.45, 7) is 10.8. The molecule has 0 bridgehead atoms. The number of carbonyl (C=O) groups is 2. The number of nitrogens with one attached hydrogen (secondary N) is 4. The van der Waals surface area contributed by atoms with Gasteiger partial charge < -0.3 is 30.9 Å². The van der Waals surface area contributed by atoms with Crippen LogP contribution >= 0.6 is 0 Å². The van der Waals surface area contributed by atoms with E-state index in [2.05, 4.69) is 30.6 Å². The van der Waals surface area contributed by atoms with Crippen molar-refractivity contribution in [2.24, 2.45) is 0 Å². The van der Waals surface area contributed by atoms with E-state index < -0.39 is 23.4 Å². The Bertz CT molecular complexity index is 1270. The highest BCUT2D eigenvalue weighted by atomic mass is 16.6. The first kappa shape index (κ1) is 26.1. The summed E-state index contributed by atoms with van der Waals surface area (Å²) in [4.78, 5) is 37.4. The van der Waals surface area contributed by atoms with Crippen LogP contribution in [0.25, 0.3) is 22.1 Å². The van der Waals surface area contributed by atoms with Gasteiger partial charge in [-0.1, -0.05) is 0 Å². The lowest BCUT2D eigenvalue weighted by molar-refractivity contribution is 0.0623. The number of anilines is 4. The van der Waals surface area contributed by atoms with Gasteiger partial charge in [-0.25, -0.2) is 19.6 Å². The number of aromatic nitrogens is 4. The van der Waals surface area contributed by atoms with Gasteiger partial charge in [0, 0.05) is 11.4 Å². The topological polar surface area (TPSA) is 186 Å². The molecule has 0 saturated carbocycles. The Labute approximate surface area is 208 Å². The molecule has 0 aliphatic rings. The number of hydrogen-bond donors (Lipinski definition) is 6. The molecule has 2 aromatic heterocycles. The molecular weight excluding hydrogens is 464 g/mol. The van der Waals surface area contributed by atoms with Gasteiger partial charge in [-0.15, -0.1) is 0 Å². The smallest absolute Gasteiger partial charge is 0.414 e. The van der Waals surface area contributed by atoms with Crippen LogP contribution in [0.2, 0.25) is 0 Å². The molecule has 0 saturated heterocycles. The fourth-order valence-electron chi connectivity index (χ4n) is 2.97. The first-order valence-electron chi connectivity index (χ1n) is 11.2. The summed E-state index contributed by atoms with van der Waals surface area (Å²) >= 11 is 0. The van der Waals surface area contributed by atoms with Crippen LogP contribution in [0, 0.1) is 0 Å². The first-order valence-corrected chi connectivity index (χ1v) is 11.2. The summed E-state index contributed by atoms with van der Waals surface area (Å²) in [6, 6.07) is 10.6. The monoisotopic (exact) mass is 496 g/mol. The van der Waals surface area contributed by atoms with Crippen LogP contribution in [0.4, 0.5) is 32.9 Å². The third kappa shape index (κ3) is 7.79. The zero-order valence-corrected chi connectivity index (χ0v) is 21.1. The predicted molar refractivity (Wildman–Crippen MR) is 141 cm³/mol. The summed E-state index contributed by atoms with van der Waals surface area (Å²) in [5.41, 5.74) is 14.5. The van der Waals surface area contributed by atoms with Crippen molar-refractivity contribution in [3.8, 4) is 0 Å². The number of nitrogen functional groups attached to an aromatic ring is 2. The van der Waals surface area contributed by atoms with Crippen molar-refractivity contribution in [1.29, 1.82) is 0 Å². The zero-order chi connectivity index (χ0) is 26.7. The number of ether oxygens (including phenoxy) is 2. The molecule has 0 unspecified atom stereocenters. The second-order valence-electron chi connectivity index (χ2n) is 9.98. The quantitative estimate of drug-likeness (QED) is 0.209. The van der Waals surface area contributed by atoms with Crippen molar-refractivity contribution < 1.29 is 19.1 Å². The van der Waals surface area contributed by atoms with E-state index in [-0.39, 0.29) is 0 Å². The highest BCUT2D eigenvalue weighted by Gasteiger charge is 2.18. The van der Waals surface area contributed by atoms with Crippen molar-refractivity contribution >= 4 is 57.5 Å². The number of carbonyl (C=O) groups excluding carboxylic acids is 2. The minimum atomic E-state index is -0.547. The SMILES string of the molecule is CC(C)(C)OC(=O)Nc1nc2ccc(N)cc2[nH]1.CC(C)(C)OC(=O)Nc1nc2ccc(N)cc2[nH]1. The molecule has 0 radical (unpaired) electrons. The number of rotatable bonds is 2. The lowest BCUT2D eigenvalue weighted by Crippen LogP contribution is -2.27. The summed E-state index contributed by atoms with van der Waals surface area (Å²) in [6.07, 6.45) is -1.09. The molecule has 12 heteroatoms. The first-order chi connectivity index (χ1) is 16.7. The van der Waals surface area contributed by atoms with Crippen LogP contribution in [-0.2, 0) is 9.47 Å². The second kappa shape index (κ2) is 10.0. The van der Waals surface area contributed by atoms with E-state index in [9.17, 15) is 9.59 Å². The van der Waals surface area contributed by atoms with Crippen molar-refractivity contribution in [3.63, 3.8) is 0 Å². The lowest BCUT2D eigenvalue weighted by atomic mass is 10.2. The molecule has 4 aromatic rings. The van der Waals surface area contributed by atoms with Gasteiger partial charge in [-0.3, -0.25) is 10.6 Å². The molecule has 2 aromatic carbocycles. The van der Waals surface area contributed by atoms with Crippen LogP contribution in [0.3, 0.4) is 0 Å². The van der Waals surface area contributed by atoms with Gasteiger partial charge in [0.2, 0.25) is 11.9 Å². The van der Waals surface area contributed by atoms with Crippen molar-refractivity contribution in [2.45, 2.75) is 52.7 Å². The van der Waals surface area contributed by atoms with Crippen LogP contribution in [0.5, 0.6) is 0 Å². The van der Waals surface area contributed by atoms with E-state index in [1.54, 1.807) is 77.9 Å². The fourth-order valence-corrected chi connectivity index (χ4v) is 2.97. The number of amides is 2. The van der Waals surface area contributed by atoms with Crippen LogP contribution in [-0.4, -0.2) is 43.3 Å². The third-order valence-electron chi connectivity index (χ3n) is 4.25. The van der Waals surface area contributed by atoms with E-state index in [1.807, 2.05) is 0 Å². The van der Waals surface area contributed by atoms with E-state index in [0.29, 0.717) is 23.3 Å². The molecule has 0 atom stereocenters. The summed E-state index contributed by atoms with van der Waals surface area (Å²) in [5.74, 6) is 0.676. The normalized spacial score (nSPS) is 11.5. The number of nitrogens with zero attached hydrogens (tertiary/aromatic N) is 2. The number of hydrogen-bond acceptors (Lipinski definition) is 8. The number of fused-ring (bicyclic) bond motifs is 2. The maximum absolute atomic E-state index is 11.6. The number of nitrogens with two attached hydrogens (primary N) is 2. The average molecular weight is 497 g/mol. The largest absolute Gasteiger partial charge is 0.444 e. The maximum Gasteiger partial charge on any atom is 0.414 e. The highest BCUT2D eigenvalue weighted by molar-refractivity contribution is 5.88. The Hall–Kier alpha value is -4.48. The van der Waals surface area contributed by atoms with Crippen molar-refractivity contribution in [2.75, 3.05) is 22.1 Å². The van der Waals surface area contributed by atoms with Gasteiger partial charge in [-0.2, -0.15) is 0 Å². The molecule has 0 spiro atoms. The molecule has 0 fully saturated rings. The van der Waals surface area contributed by atoms with E-state index in [1.165, 1.54) is 0 Å². The van der Waals surface area contributed by atoms with E-state index in [0.717, 1.165) is 22.1 Å². The molecule has 2 heterocycles. The molecular formula is C24H32N8O4. The standard InChI is InChI=1S/2C12H16N4O2/c2*1-12(2,3)18-11(17)16-10-14-8-5-4-7(13)6-9(8)15-10/h2*4-6H,13H2,1-3H3,(H2,14,15,16,17). The molecule has 192 valence electrons. The van der Waals surface area contributed by atoms with Gasteiger partial charge in [0.1, 0.15) is 11.2 Å². The Morgan fingerprint density at radius 2 is 1.08 bits per heavy atom. The number of H-pyrrole nitrogens is 2. The van der Waals surface area contributed by atoms with Gasteiger partial charge in [0.25, 0.3) is 0 Å². The number of imidazole rings is 2. The minimum Gasteiger partial charge on any atom is -0.444 e. The predicted octanol–water partition coefficient (Wildman–Crippen LogP) is 4.98.